The minimum atomic E-state index is -0.804. The average molecular weight is 581 g/mol. The number of ether oxygens (including phenoxy) is 2. The summed E-state index contributed by atoms with van der Waals surface area (Å²) in [6, 6.07) is 0. The number of carbonyl (C=O) groups excluding carboxylic acids is 2. The number of carbonyl (C=O) groups is 2. The Morgan fingerprint density at radius 3 is 1.45 bits per heavy atom. The van der Waals surface area contributed by atoms with Gasteiger partial charge in [0.15, 0.2) is 6.10 Å². The van der Waals surface area contributed by atoms with Crippen LogP contribution < -0.4 is 0 Å². The molecule has 5 nitrogen and oxygen atoms in total. The smallest absolute Gasteiger partial charge is 0.306 e. The summed E-state index contributed by atoms with van der Waals surface area (Å²) in [6.07, 6.45) is 44.5. The van der Waals surface area contributed by atoms with Gasteiger partial charge in [0.2, 0.25) is 0 Å². The Bertz CT molecular complexity index is 886. The van der Waals surface area contributed by atoms with Gasteiger partial charge in [0, 0.05) is 12.8 Å². The standard InChI is InChI=1S/C37H56O5/c1-3-5-7-9-11-13-15-17-18-20-22-24-26-28-30-32-37(40)42-35(33-38)34-41-36(39)31-29-27-25-23-21-19-16-14-12-10-8-6-4-2/h5-19,21,35,38H,3-4,20,22-34H2,1-2H3/b7-5+,8-6+,11-9+,12-10+,15-13+,16-14+,18-17+,21-19+. The molecule has 0 amide bonds. The fourth-order valence-corrected chi connectivity index (χ4v) is 3.69. The predicted octanol–water partition coefficient (Wildman–Crippen LogP) is 9.38. The van der Waals surface area contributed by atoms with E-state index in [9.17, 15) is 14.7 Å². The average Bonchev–Trinajstić information content (AvgIpc) is 2.99. The summed E-state index contributed by atoms with van der Waals surface area (Å²) in [4.78, 5) is 24.1. The lowest BCUT2D eigenvalue weighted by molar-refractivity contribution is -0.161. The zero-order chi connectivity index (χ0) is 30.8. The summed E-state index contributed by atoms with van der Waals surface area (Å²) in [5, 5.41) is 9.49. The van der Waals surface area contributed by atoms with Crippen LogP contribution in [0.2, 0.25) is 0 Å². The highest BCUT2D eigenvalue weighted by Crippen LogP contribution is 2.10. The molecule has 1 atom stereocenters. The van der Waals surface area contributed by atoms with E-state index in [-0.39, 0.29) is 25.2 Å². The van der Waals surface area contributed by atoms with Crippen molar-refractivity contribution in [3.63, 3.8) is 0 Å². The summed E-state index contributed by atoms with van der Waals surface area (Å²) in [6.45, 7) is 3.76. The molecule has 0 saturated heterocycles. The first-order valence-electron chi connectivity index (χ1n) is 15.9. The Kier molecular flexibility index (Phi) is 29.9. The van der Waals surface area contributed by atoms with Crippen molar-refractivity contribution in [1.82, 2.24) is 0 Å². The highest BCUT2D eigenvalue weighted by Gasteiger charge is 2.16. The fourth-order valence-electron chi connectivity index (χ4n) is 3.69. The molecule has 0 aromatic carbocycles. The van der Waals surface area contributed by atoms with Gasteiger partial charge < -0.3 is 14.6 Å². The molecule has 0 aliphatic rings. The van der Waals surface area contributed by atoms with E-state index in [0.29, 0.717) is 12.8 Å². The molecule has 0 aromatic heterocycles. The highest BCUT2D eigenvalue weighted by molar-refractivity contribution is 5.70. The first-order valence-corrected chi connectivity index (χ1v) is 15.9. The SMILES string of the molecule is CC/C=C/C=C/C=C/C=C/CCCCCCCC(=O)OC(CO)COC(=O)CCCCC/C=C/C=C/C=C/C=C/CC. The van der Waals surface area contributed by atoms with Crippen LogP contribution in [0.1, 0.15) is 104 Å². The molecule has 0 aromatic rings. The first kappa shape index (κ1) is 38.8. The second-order valence-corrected chi connectivity index (χ2v) is 9.95. The molecule has 0 bridgehead atoms. The van der Waals surface area contributed by atoms with Crippen molar-refractivity contribution in [2.75, 3.05) is 13.2 Å². The third kappa shape index (κ3) is 29.8. The van der Waals surface area contributed by atoms with Gasteiger partial charge in [0.05, 0.1) is 6.61 Å². The second kappa shape index (κ2) is 32.3. The van der Waals surface area contributed by atoms with E-state index < -0.39 is 6.10 Å². The molecule has 0 saturated carbocycles. The number of allylic oxidation sites excluding steroid dienone is 16. The van der Waals surface area contributed by atoms with E-state index in [1.165, 1.54) is 0 Å². The lowest BCUT2D eigenvalue weighted by Gasteiger charge is -2.15. The molecule has 1 N–H and O–H groups in total. The lowest BCUT2D eigenvalue weighted by atomic mass is 10.1. The summed E-state index contributed by atoms with van der Waals surface area (Å²) in [5.41, 5.74) is 0. The molecule has 0 aliphatic carbocycles. The zero-order valence-electron chi connectivity index (χ0n) is 26.2. The molecule has 234 valence electrons. The molecule has 0 aliphatic heterocycles. The van der Waals surface area contributed by atoms with E-state index in [2.05, 4.69) is 44.2 Å². The maximum Gasteiger partial charge on any atom is 0.306 e. The monoisotopic (exact) mass is 580 g/mol. The molecule has 1 unspecified atom stereocenters. The Hall–Kier alpha value is -3.18. The predicted molar refractivity (Wildman–Crippen MR) is 177 cm³/mol. The van der Waals surface area contributed by atoms with E-state index in [1.807, 2.05) is 66.8 Å². The van der Waals surface area contributed by atoms with Gasteiger partial charge in [-0.3, -0.25) is 9.59 Å². The van der Waals surface area contributed by atoms with Crippen LogP contribution in [-0.4, -0.2) is 36.4 Å². The van der Waals surface area contributed by atoms with Crippen LogP contribution in [0.5, 0.6) is 0 Å². The highest BCUT2D eigenvalue weighted by atomic mass is 16.6. The molecule has 42 heavy (non-hydrogen) atoms. The van der Waals surface area contributed by atoms with Crippen molar-refractivity contribution in [3.8, 4) is 0 Å². The van der Waals surface area contributed by atoms with E-state index in [4.69, 9.17) is 9.47 Å². The summed E-state index contributed by atoms with van der Waals surface area (Å²) < 4.78 is 10.5. The van der Waals surface area contributed by atoms with Crippen molar-refractivity contribution in [3.05, 3.63) is 97.2 Å². The molecule has 0 radical (unpaired) electrons. The third-order valence-corrected chi connectivity index (χ3v) is 6.06. The Morgan fingerprint density at radius 1 is 0.548 bits per heavy atom. The molecule has 5 heteroatoms. The molecule has 0 heterocycles. The zero-order valence-corrected chi connectivity index (χ0v) is 26.2. The number of hydrogen-bond donors (Lipinski definition) is 1. The van der Waals surface area contributed by atoms with Crippen molar-refractivity contribution in [2.45, 2.75) is 110 Å². The number of rotatable bonds is 26. The molecule has 0 rings (SSSR count). The van der Waals surface area contributed by atoms with Gasteiger partial charge in [-0.2, -0.15) is 0 Å². The van der Waals surface area contributed by atoms with E-state index in [0.717, 1.165) is 77.0 Å². The molecule has 0 fully saturated rings. The first-order chi connectivity index (χ1) is 20.6. The normalized spacial score (nSPS) is 13.5. The van der Waals surface area contributed by atoms with E-state index >= 15 is 0 Å². The minimum absolute atomic E-state index is 0.103. The fraction of sp³-hybridized carbons (Fsp3) is 0.514. The second-order valence-electron chi connectivity index (χ2n) is 9.95. The van der Waals surface area contributed by atoms with Gasteiger partial charge in [-0.15, -0.1) is 0 Å². The maximum atomic E-state index is 12.1. The quantitative estimate of drug-likeness (QED) is 0.0627. The van der Waals surface area contributed by atoms with Crippen LogP contribution in [0.15, 0.2) is 97.2 Å². The summed E-state index contributed by atoms with van der Waals surface area (Å²) >= 11 is 0. The van der Waals surface area contributed by atoms with Gasteiger partial charge in [-0.25, -0.2) is 0 Å². The Balaban J connectivity index is 3.77. The lowest BCUT2D eigenvalue weighted by Crippen LogP contribution is -2.28. The summed E-state index contributed by atoms with van der Waals surface area (Å²) in [5.74, 6) is -0.680. The maximum absolute atomic E-state index is 12.1. The van der Waals surface area contributed by atoms with Crippen LogP contribution in [0.25, 0.3) is 0 Å². The Labute approximate surface area is 256 Å². The number of esters is 2. The van der Waals surface area contributed by atoms with Gasteiger partial charge in [0.25, 0.3) is 0 Å². The van der Waals surface area contributed by atoms with Crippen LogP contribution >= 0.6 is 0 Å². The number of aliphatic hydroxyl groups is 1. The van der Waals surface area contributed by atoms with Crippen LogP contribution in [0.3, 0.4) is 0 Å². The largest absolute Gasteiger partial charge is 0.462 e. The van der Waals surface area contributed by atoms with Crippen molar-refractivity contribution in [1.29, 1.82) is 0 Å². The molecule has 0 spiro atoms. The molecular weight excluding hydrogens is 524 g/mol. The summed E-state index contributed by atoms with van der Waals surface area (Å²) in [7, 11) is 0. The van der Waals surface area contributed by atoms with Crippen LogP contribution in [-0.2, 0) is 19.1 Å². The van der Waals surface area contributed by atoms with E-state index in [1.54, 1.807) is 0 Å². The van der Waals surface area contributed by atoms with Gasteiger partial charge >= 0.3 is 11.9 Å². The Morgan fingerprint density at radius 2 is 0.952 bits per heavy atom. The van der Waals surface area contributed by atoms with Gasteiger partial charge in [-0.05, 0) is 51.4 Å². The third-order valence-electron chi connectivity index (χ3n) is 6.06. The number of unbranched alkanes of at least 4 members (excludes halogenated alkanes) is 8. The minimum Gasteiger partial charge on any atom is -0.462 e. The number of hydrogen-bond acceptors (Lipinski definition) is 5. The van der Waals surface area contributed by atoms with Crippen molar-refractivity contribution in [2.24, 2.45) is 0 Å². The van der Waals surface area contributed by atoms with Crippen molar-refractivity contribution < 1.29 is 24.2 Å². The van der Waals surface area contributed by atoms with Crippen molar-refractivity contribution >= 4 is 11.9 Å². The van der Waals surface area contributed by atoms with Gasteiger partial charge in [-0.1, -0.05) is 137 Å². The van der Waals surface area contributed by atoms with Crippen LogP contribution in [0.4, 0.5) is 0 Å². The van der Waals surface area contributed by atoms with Crippen LogP contribution in [0, 0.1) is 0 Å². The number of aliphatic hydroxyl groups excluding tert-OH is 1. The topological polar surface area (TPSA) is 72.8 Å². The molecular formula is C37H56O5. The van der Waals surface area contributed by atoms with Gasteiger partial charge in [0.1, 0.15) is 6.61 Å².